The fraction of sp³-hybridized carbons (Fsp3) is 0.581. The lowest BCUT2D eigenvalue weighted by Crippen LogP contribution is -2.67. The number of nitrogens with one attached hydrogen (secondary N) is 1. The number of H-pyrrole nitrogens is 1. The molecule has 1 spiro atoms. The van der Waals surface area contributed by atoms with Crippen LogP contribution in [-0.2, 0) is 9.53 Å². The molecule has 1 amide bonds. The van der Waals surface area contributed by atoms with Crippen molar-refractivity contribution >= 4 is 45.8 Å². The van der Waals surface area contributed by atoms with E-state index in [0.717, 1.165) is 105 Å². The average Bonchev–Trinajstić information content (AvgIpc) is 3.60. The van der Waals surface area contributed by atoms with Gasteiger partial charge in [0.05, 0.1) is 33.3 Å². The van der Waals surface area contributed by atoms with Crippen LogP contribution in [0.5, 0.6) is 0 Å². The number of amides is 1. The molecule has 11 heteroatoms. The van der Waals surface area contributed by atoms with Crippen molar-refractivity contribution in [3.8, 4) is 11.1 Å². The van der Waals surface area contributed by atoms with Crippen LogP contribution in [0.15, 0.2) is 24.9 Å². The van der Waals surface area contributed by atoms with E-state index in [1.165, 1.54) is 12.5 Å². The van der Waals surface area contributed by atoms with E-state index in [2.05, 4.69) is 38.2 Å². The summed E-state index contributed by atoms with van der Waals surface area (Å²) in [6, 6.07) is 2.63. The number of hydrogen-bond acceptors (Lipinski definition) is 6. The number of aromatic amines is 1. The highest BCUT2D eigenvalue weighted by Crippen LogP contribution is 2.50. The number of likely N-dealkylation sites (tertiary alicyclic amines) is 1. The van der Waals surface area contributed by atoms with Gasteiger partial charge in [0, 0.05) is 74.2 Å². The summed E-state index contributed by atoms with van der Waals surface area (Å²) in [6.07, 6.45) is 10.7. The largest absolute Gasteiger partial charge is 0.381 e. The van der Waals surface area contributed by atoms with Gasteiger partial charge in [0.15, 0.2) is 5.82 Å². The first-order chi connectivity index (χ1) is 20.4. The van der Waals surface area contributed by atoms with Crippen LogP contribution in [0.4, 0.5) is 5.82 Å². The summed E-state index contributed by atoms with van der Waals surface area (Å²) in [6.45, 7) is 11.9. The van der Waals surface area contributed by atoms with Crippen LogP contribution in [-0.4, -0.2) is 93.2 Å². The van der Waals surface area contributed by atoms with Gasteiger partial charge < -0.3 is 14.5 Å². The third-order valence-electron chi connectivity index (χ3n) is 10.2. The van der Waals surface area contributed by atoms with E-state index in [-0.39, 0.29) is 17.5 Å². The van der Waals surface area contributed by atoms with Gasteiger partial charge in [-0.25, -0.2) is 0 Å². The molecule has 4 fully saturated rings. The van der Waals surface area contributed by atoms with Crippen LogP contribution in [0.1, 0.15) is 56.7 Å². The summed E-state index contributed by atoms with van der Waals surface area (Å²) in [7, 11) is 0. The highest BCUT2D eigenvalue weighted by atomic mass is 35.5. The van der Waals surface area contributed by atoms with Gasteiger partial charge in [0.2, 0.25) is 5.91 Å². The molecule has 3 saturated heterocycles. The Morgan fingerprint density at radius 1 is 1.10 bits per heavy atom. The summed E-state index contributed by atoms with van der Waals surface area (Å²) in [5, 5.41) is 14.9. The fourth-order valence-electron chi connectivity index (χ4n) is 7.79. The van der Waals surface area contributed by atoms with Gasteiger partial charge >= 0.3 is 0 Å². The molecular weight excluding hydrogens is 573 g/mol. The molecule has 0 atom stereocenters. The Hall–Kier alpha value is -2.59. The maximum absolute atomic E-state index is 12.3. The summed E-state index contributed by atoms with van der Waals surface area (Å²) >= 11 is 13.8. The number of carbonyl (C=O) groups excluding carboxylic acids is 1. The minimum atomic E-state index is -0.00519. The second-order valence-electron chi connectivity index (χ2n) is 12.4. The standard InChI is InChI=1S/C31H39Cl2N7O2/c1-3-26(41)37-11-5-22(6-12-37)40-20(2)27(28-23-18-34-35-25(23)17-24(32)29(28)33)30(36-40)39-14-13-38(19-31(39)9-4-10-31)21-7-15-42-16-8-21/h3,17-18,21-22H,1,4-16,19H2,2H3,(H,34,35). The number of nitrogens with zero attached hydrogens (tertiary/aromatic N) is 6. The third kappa shape index (κ3) is 4.64. The predicted octanol–water partition coefficient (Wildman–Crippen LogP) is 5.61. The molecule has 0 radical (unpaired) electrons. The van der Waals surface area contributed by atoms with E-state index in [9.17, 15) is 4.79 Å². The van der Waals surface area contributed by atoms with Gasteiger partial charge in [-0.3, -0.25) is 19.5 Å². The molecule has 0 bridgehead atoms. The number of fused-ring (bicyclic) bond motifs is 1. The van der Waals surface area contributed by atoms with Gasteiger partial charge in [-0.05, 0) is 64.0 Å². The van der Waals surface area contributed by atoms with E-state index in [1.807, 2.05) is 17.2 Å². The van der Waals surface area contributed by atoms with Crippen LogP contribution in [0.25, 0.3) is 22.0 Å². The normalized spacial score (nSPS) is 22.2. The summed E-state index contributed by atoms with van der Waals surface area (Å²) < 4.78 is 7.89. The summed E-state index contributed by atoms with van der Waals surface area (Å²) in [5.74, 6) is 0.990. The molecule has 224 valence electrons. The van der Waals surface area contributed by atoms with Gasteiger partial charge in [-0.1, -0.05) is 29.8 Å². The smallest absolute Gasteiger partial charge is 0.245 e. The van der Waals surface area contributed by atoms with Crippen LogP contribution >= 0.6 is 23.2 Å². The highest BCUT2D eigenvalue weighted by Gasteiger charge is 2.49. The fourth-order valence-corrected chi connectivity index (χ4v) is 8.25. The molecule has 4 aliphatic rings. The predicted molar refractivity (Wildman–Crippen MR) is 166 cm³/mol. The molecule has 3 aliphatic heterocycles. The summed E-state index contributed by atoms with van der Waals surface area (Å²) in [5.41, 5.74) is 3.93. The quantitative estimate of drug-likeness (QED) is 0.377. The Labute approximate surface area is 256 Å². The third-order valence-corrected chi connectivity index (χ3v) is 11.0. The SMILES string of the molecule is C=CC(=O)N1CCC(n2nc(N3CCN(C4CCOCC4)CC34CCC4)c(-c3c(Cl)c(Cl)cc4[nH]ncc34)c2C)CC1. The number of benzene rings is 1. The Kier molecular flexibility index (Phi) is 7.49. The van der Waals surface area contributed by atoms with Crippen molar-refractivity contribution in [3.63, 3.8) is 0 Å². The lowest BCUT2D eigenvalue weighted by molar-refractivity contribution is -0.127. The van der Waals surface area contributed by atoms with Crippen LogP contribution in [0.2, 0.25) is 10.0 Å². The van der Waals surface area contributed by atoms with Crippen LogP contribution in [0.3, 0.4) is 0 Å². The molecule has 42 heavy (non-hydrogen) atoms. The monoisotopic (exact) mass is 611 g/mol. The zero-order chi connectivity index (χ0) is 29.0. The molecule has 0 unspecified atom stereocenters. The number of halogens is 2. The second-order valence-corrected chi connectivity index (χ2v) is 13.2. The zero-order valence-electron chi connectivity index (χ0n) is 24.2. The molecular formula is C31H39Cl2N7O2. The van der Waals surface area contributed by atoms with Crippen molar-refractivity contribution in [1.82, 2.24) is 29.8 Å². The Balaban J connectivity index is 1.32. The molecule has 1 aliphatic carbocycles. The number of hydrogen-bond donors (Lipinski definition) is 1. The second kappa shape index (κ2) is 11.2. The minimum Gasteiger partial charge on any atom is -0.381 e. The van der Waals surface area contributed by atoms with Gasteiger partial charge in [-0.2, -0.15) is 10.2 Å². The average molecular weight is 613 g/mol. The first-order valence-corrected chi connectivity index (χ1v) is 16.1. The minimum absolute atomic E-state index is 0.00519. The number of anilines is 1. The summed E-state index contributed by atoms with van der Waals surface area (Å²) in [4.78, 5) is 19.5. The Bertz CT molecular complexity index is 1500. The van der Waals surface area contributed by atoms with Gasteiger partial charge in [0.25, 0.3) is 0 Å². The topological polar surface area (TPSA) is 82.5 Å². The molecule has 1 aromatic carbocycles. The van der Waals surface area contributed by atoms with E-state index >= 15 is 0 Å². The van der Waals surface area contributed by atoms with Gasteiger partial charge in [-0.15, -0.1) is 0 Å². The molecule has 7 rings (SSSR count). The maximum Gasteiger partial charge on any atom is 0.245 e. The van der Waals surface area contributed by atoms with E-state index in [4.69, 9.17) is 33.0 Å². The maximum atomic E-state index is 12.3. The highest BCUT2D eigenvalue weighted by molar-refractivity contribution is 6.45. The van der Waals surface area contributed by atoms with Crippen LogP contribution in [0, 0.1) is 6.92 Å². The van der Waals surface area contributed by atoms with Gasteiger partial charge in [0.1, 0.15) is 0 Å². The molecule has 9 nitrogen and oxygen atoms in total. The first kappa shape index (κ1) is 28.2. The number of ether oxygens (including phenoxy) is 1. The van der Waals surface area contributed by atoms with E-state index in [0.29, 0.717) is 29.2 Å². The van der Waals surface area contributed by atoms with Crippen LogP contribution < -0.4 is 4.90 Å². The number of aromatic nitrogens is 4. The zero-order valence-corrected chi connectivity index (χ0v) is 25.8. The molecule has 3 aromatic rings. The number of rotatable bonds is 5. The molecule has 1 saturated carbocycles. The van der Waals surface area contributed by atoms with E-state index < -0.39 is 0 Å². The van der Waals surface area contributed by atoms with Crippen molar-refractivity contribution in [2.24, 2.45) is 0 Å². The van der Waals surface area contributed by atoms with E-state index in [1.54, 1.807) is 0 Å². The molecule has 5 heterocycles. The molecule has 2 aromatic heterocycles. The Morgan fingerprint density at radius 3 is 2.55 bits per heavy atom. The van der Waals surface area contributed by atoms with Crippen molar-refractivity contribution in [2.75, 3.05) is 50.8 Å². The van der Waals surface area contributed by atoms with Crippen molar-refractivity contribution in [1.29, 1.82) is 0 Å². The van der Waals surface area contributed by atoms with Crippen molar-refractivity contribution in [2.45, 2.75) is 69.5 Å². The lowest BCUT2D eigenvalue weighted by atomic mass is 9.73. The first-order valence-electron chi connectivity index (χ1n) is 15.3. The number of carbonyl (C=O) groups is 1. The molecule has 1 N–H and O–H groups in total. The Morgan fingerprint density at radius 2 is 1.86 bits per heavy atom. The van der Waals surface area contributed by atoms with Crippen molar-refractivity contribution in [3.05, 3.63) is 40.7 Å². The lowest BCUT2D eigenvalue weighted by Gasteiger charge is -2.58. The number of piperidine rings is 1. The van der Waals surface area contributed by atoms with Crippen molar-refractivity contribution < 1.29 is 9.53 Å². The number of piperazine rings is 1.